The molecule has 0 N–H and O–H groups in total. The van der Waals surface area contributed by atoms with Gasteiger partial charge in [0.2, 0.25) is 0 Å². The van der Waals surface area contributed by atoms with E-state index in [4.69, 9.17) is 0 Å². The minimum Gasteiger partial charge on any atom is -0.0928 e. The lowest BCUT2D eigenvalue weighted by atomic mass is 10.4. The lowest BCUT2D eigenvalue weighted by Gasteiger charge is -1.77. The van der Waals surface area contributed by atoms with Crippen molar-refractivity contribution in [3.8, 4) is 0 Å². The van der Waals surface area contributed by atoms with Crippen molar-refractivity contribution < 1.29 is 0 Å². The molecule has 0 aromatic heterocycles. The fourth-order valence-electron chi connectivity index (χ4n) is 0.109. The molecule has 0 fully saturated rings. The van der Waals surface area contributed by atoms with Gasteiger partial charge >= 0.3 is 0 Å². The van der Waals surface area contributed by atoms with E-state index < -0.39 is 0 Å². The van der Waals surface area contributed by atoms with E-state index >= 15 is 0 Å². The molecule has 5 heavy (non-hydrogen) atoms. The second-order valence-electron chi connectivity index (χ2n) is 0.886. The summed E-state index contributed by atoms with van der Waals surface area (Å²) in [6.07, 6.45) is 3.31. The average molecular weight is 136 g/mol. The Hall–Kier alpha value is 0.480. The molecule has 1 heteroatoms. The first-order chi connectivity index (χ1) is 2.41. The van der Waals surface area contributed by atoms with Gasteiger partial charge in [0.1, 0.15) is 0 Å². The van der Waals surface area contributed by atoms with Gasteiger partial charge in [0.15, 0.2) is 0 Å². The van der Waals surface area contributed by atoms with Crippen LogP contribution in [0.3, 0.4) is 0 Å². The van der Waals surface area contributed by atoms with E-state index in [2.05, 4.69) is 29.3 Å². The Kier molecular flexibility index (Phi) is 4.91. The molecule has 0 nitrogen and oxygen atoms in total. The highest BCUT2D eigenvalue weighted by atomic mass is 79.9. The standard InChI is InChI=1S/C4H8Br/c1-2-3-4-5/h2H,3-4H2,1H3. The third-order valence-electron chi connectivity index (χ3n) is 0.398. The Bertz CT molecular complexity index is 11.1. The maximum absolute atomic E-state index is 3.28. The van der Waals surface area contributed by atoms with Crippen molar-refractivity contribution in [2.75, 3.05) is 5.33 Å². The summed E-state index contributed by atoms with van der Waals surface area (Å²) in [6, 6.07) is 0. The maximum atomic E-state index is 3.28. The molecule has 0 aromatic carbocycles. The number of hydrogen-bond acceptors (Lipinski definition) is 0. The normalized spacial score (nSPS) is 8.40. The lowest BCUT2D eigenvalue weighted by Crippen LogP contribution is -1.65. The SMILES string of the molecule is C[CH]CCBr. The summed E-state index contributed by atoms with van der Waals surface area (Å²) in [6.45, 7) is 2.06. The van der Waals surface area contributed by atoms with Gasteiger partial charge in [-0.25, -0.2) is 0 Å². The Labute approximate surface area is 41.7 Å². The van der Waals surface area contributed by atoms with Gasteiger partial charge in [-0.3, -0.25) is 0 Å². The van der Waals surface area contributed by atoms with Gasteiger partial charge < -0.3 is 0 Å². The van der Waals surface area contributed by atoms with Gasteiger partial charge in [-0.05, 0) is 12.8 Å². The van der Waals surface area contributed by atoms with Crippen LogP contribution in [0.15, 0.2) is 0 Å². The maximum Gasteiger partial charge on any atom is 0.00339 e. The Balaban J connectivity index is 2.19. The highest BCUT2D eigenvalue weighted by molar-refractivity contribution is 9.09. The van der Waals surface area contributed by atoms with Crippen LogP contribution in [0, 0.1) is 6.42 Å². The monoisotopic (exact) mass is 135 g/mol. The van der Waals surface area contributed by atoms with Crippen molar-refractivity contribution in [1.29, 1.82) is 0 Å². The van der Waals surface area contributed by atoms with Gasteiger partial charge in [0.25, 0.3) is 0 Å². The van der Waals surface area contributed by atoms with Crippen molar-refractivity contribution in [2.45, 2.75) is 13.3 Å². The molecule has 0 unspecified atom stereocenters. The van der Waals surface area contributed by atoms with E-state index in [1.165, 1.54) is 6.42 Å². The van der Waals surface area contributed by atoms with Crippen molar-refractivity contribution in [1.82, 2.24) is 0 Å². The zero-order valence-electron chi connectivity index (χ0n) is 3.37. The molecule has 0 spiro atoms. The summed E-state index contributed by atoms with van der Waals surface area (Å²) >= 11 is 3.28. The predicted molar refractivity (Wildman–Crippen MR) is 28.4 cm³/mol. The van der Waals surface area contributed by atoms with Gasteiger partial charge in [-0.2, -0.15) is 0 Å². The molecular formula is C4H8Br. The first-order valence-electron chi connectivity index (χ1n) is 1.75. The van der Waals surface area contributed by atoms with E-state index in [9.17, 15) is 0 Å². The van der Waals surface area contributed by atoms with Crippen LogP contribution in [0.25, 0.3) is 0 Å². The zero-order valence-corrected chi connectivity index (χ0v) is 4.96. The zero-order chi connectivity index (χ0) is 4.12. The topological polar surface area (TPSA) is 0 Å². The van der Waals surface area contributed by atoms with Gasteiger partial charge in [-0.15, -0.1) is 0 Å². The predicted octanol–water partition coefficient (Wildman–Crippen LogP) is 2.00. The fourth-order valence-corrected chi connectivity index (χ4v) is 0.567. The largest absolute Gasteiger partial charge is 0.0928 e. The quantitative estimate of drug-likeness (QED) is 0.509. The van der Waals surface area contributed by atoms with Crippen molar-refractivity contribution in [3.63, 3.8) is 0 Å². The first-order valence-corrected chi connectivity index (χ1v) is 2.87. The molecule has 0 heterocycles. The number of alkyl halides is 1. The number of hydrogen-bond donors (Lipinski definition) is 0. The van der Waals surface area contributed by atoms with E-state index in [1.807, 2.05) is 0 Å². The summed E-state index contributed by atoms with van der Waals surface area (Å²) in [5.74, 6) is 0. The minimum atomic E-state index is 1.10. The minimum absolute atomic E-state index is 1.10. The van der Waals surface area contributed by atoms with Gasteiger partial charge in [0.05, 0.1) is 0 Å². The average Bonchev–Trinajstić information content (AvgIpc) is 1.41. The van der Waals surface area contributed by atoms with Crippen LogP contribution in [0.4, 0.5) is 0 Å². The van der Waals surface area contributed by atoms with Crippen LogP contribution in [0.2, 0.25) is 0 Å². The highest BCUT2D eigenvalue weighted by Gasteiger charge is 1.70. The Morgan fingerprint density at radius 2 is 2.40 bits per heavy atom. The summed E-state index contributed by atoms with van der Waals surface area (Å²) in [5, 5.41) is 1.10. The van der Waals surface area contributed by atoms with E-state index in [1.54, 1.807) is 0 Å². The Morgan fingerprint density at radius 3 is 2.40 bits per heavy atom. The van der Waals surface area contributed by atoms with Crippen LogP contribution in [-0.4, -0.2) is 5.33 Å². The molecule has 0 saturated carbocycles. The molecule has 0 bridgehead atoms. The molecule has 0 aromatic rings. The molecular weight excluding hydrogens is 128 g/mol. The van der Waals surface area contributed by atoms with Crippen molar-refractivity contribution in [2.24, 2.45) is 0 Å². The second-order valence-corrected chi connectivity index (χ2v) is 1.68. The first kappa shape index (κ1) is 5.48. The highest BCUT2D eigenvalue weighted by Crippen LogP contribution is 1.88. The molecule has 0 aliphatic carbocycles. The molecule has 0 aliphatic heterocycles. The van der Waals surface area contributed by atoms with E-state index in [-0.39, 0.29) is 0 Å². The summed E-state index contributed by atoms with van der Waals surface area (Å²) in [7, 11) is 0. The molecule has 0 rings (SSSR count). The molecule has 0 aliphatic rings. The fraction of sp³-hybridized carbons (Fsp3) is 0.750. The molecule has 0 amide bonds. The lowest BCUT2D eigenvalue weighted by molar-refractivity contribution is 1.12. The van der Waals surface area contributed by atoms with Crippen LogP contribution in [-0.2, 0) is 0 Å². The molecule has 31 valence electrons. The second kappa shape index (κ2) is 4.48. The van der Waals surface area contributed by atoms with E-state index in [0.717, 1.165) is 5.33 Å². The Morgan fingerprint density at radius 1 is 1.80 bits per heavy atom. The van der Waals surface area contributed by atoms with Crippen LogP contribution in [0.5, 0.6) is 0 Å². The molecule has 0 saturated heterocycles. The summed E-state index contributed by atoms with van der Waals surface area (Å²) in [5.41, 5.74) is 0. The van der Waals surface area contributed by atoms with Crippen LogP contribution >= 0.6 is 15.9 Å². The molecule has 1 radical (unpaired) electrons. The third-order valence-corrected chi connectivity index (χ3v) is 0.856. The molecule has 0 atom stereocenters. The van der Waals surface area contributed by atoms with Crippen LogP contribution < -0.4 is 0 Å². The summed E-state index contributed by atoms with van der Waals surface area (Å²) < 4.78 is 0. The van der Waals surface area contributed by atoms with Gasteiger partial charge in [-0.1, -0.05) is 22.9 Å². The number of halogens is 1. The van der Waals surface area contributed by atoms with Crippen LogP contribution in [0.1, 0.15) is 13.3 Å². The third kappa shape index (κ3) is 4.48. The van der Waals surface area contributed by atoms with Gasteiger partial charge in [0, 0.05) is 5.33 Å². The summed E-state index contributed by atoms with van der Waals surface area (Å²) in [4.78, 5) is 0. The van der Waals surface area contributed by atoms with Crippen molar-refractivity contribution in [3.05, 3.63) is 6.42 Å². The number of unbranched alkanes of at least 4 members (excludes halogenated alkanes) is 1. The van der Waals surface area contributed by atoms with E-state index in [0.29, 0.717) is 0 Å². The number of rotatable bonds is 2. The van der Waals surface area contributed by atoms with Crippen molar-refractivity contribution >= 4 is 15.9 Å². The smallest absolute Gasteiger partial charge is 0.00339 e.